The van der Waals surface area contributed by atoms with Gasteiger partial charge >= 0.3 is 6.09 Å². The molecule has 0 bridgehead atoms. The first-order chi connectivity index (χ1) is 15.4. The predicted octanol–water partition coefficient (Wildman–Crippen LogP) is 5.89. The molecular weight excluding hydrogens is 440 g/mol. The fourth-order valence-corrected chi connectivity index (χ4v) is 5.57. The molecule has 0 radical (unpaired) electrons. The minimum absolute atomic E-state index is 0.0107. The largest absolute Gasteiger partial charge is 0.489 e. The molecule has 2 aliphatic rings. The van der Waals surface area contributed by atoms with Gasteiger partial charge < -0.3 is 20.1 Å². The minimum Gasteiger partial charge on any atom is -0.489 e. The number of rotatable bonds is 6. The molecule has 1 fully saturated rings. The van der Waals surface area contributed by atoms with Gasteiger partial charge in [0.15, 0.2) is 0 Å². The van der Waals surface area contributed by atoms with E-state index in [9.17, 15) is 9.59 Å². The molecular formula is C26H39ClN2O4. The second kappa shape index (κ2) is 10.1. The van der Waals surface area contributed by atoms with E-state index in [1.165, 1.54) is 0 Å². The molecule has 2 N–H and O–H groups in total. The van der Waals surface area contributed by atoms with Crippen molar-refractivity contribution in [2.45, 2.75) is 97.8 Å². The zero-order chi connectivity index (χ0) is 24.4. The molecule has 1 aromatic rings. The van der Waals surface area contributed by atoms with E-state index >= 15 is 0 Å². The number of nitrogens with one attached hydrogen (secondary N) is 2. The number of fused-ring (bicyclic) bond motifs is 1. The molecule has 1 saturated carbocycles. The van der Waals surface area contributed by atoms with E-state index in [4.69, 9.17) is 21.1 Å². The zero-order valence-corrected chi connectivity index (χ0v) is 21.6. The van der Waals surface area contributed by atoms with Crippen molar-refractivity contribution in [3.05, 3.63) is 28.3 Å². The van der Waals surface area contributed by atoms with Crippen LogP contribution in [0.5, 0.6) is 5.75 Å². The summed E-state index contributed by atoms with van der Waals surface area (Å²) >= 11 is 6.47. The molecule has 6 nitrogen and oxygen atoms in total. The van der Waals surface area contributed by atoms with Gasteiger partial charge in [0.2, 0.25) is 0 Å². The Morgan fingerprint density at radius 1 is 1.27 bits per heavy atom. The summed E-state index contributed by atoms with van der Waals surface area (Å²) in [7, 11) is 0. The highest BCUT2D eigenvalue weighted by Crippen LogP contribution is 2.47. The third-order valence-corrected chi connectivity index (χ3v) is 7.48. The number of carbonyl (C=O) groups is 2. The molecule has 1 atom stereocenters. The normalized spacial score (nSPS) is 24.0. The summed E-state index contributed by atoms with van der Waals surface area (Å²) in [5, 5.41) is 6.49. The maximum atomic E-state index is 12.5. The summed E-state index contributed by atoms with van der Waals surface area (Å²) in [4.78, 5) is 24.6. The van der Waals surface area contributed by atoms with Gasteiger partial charge in [0.25, 0.3) is 5.91 Å². The van der Waals surface area contributed by atoms with Gasteiger partial charge in [0.05, 0.1) is 11.1 Å². The Labute approximate surface area is 203 Å². The molecule has 1 aromatic carbocycles. The van der Waals surface area contributed by atoms with Crippen LogP contribution in [0.15, 0.2) is 12.1 Å². The maximum absolute atomic E-state index is 12.5. The van der Waals surface area contributed by atoms with E-state index in [1.807, 2.05) is 26.8 Å². The van der Waals surface area contributed by atoms with Crippen LogP contribution in [0.3, 0.4) is 0 Å². The lowest BCUT2D eigenvalue weighted by atomic mass is 9.61. The second-order valence-corrected chi connectivity index (χ2v) is 11.2. The zero-order valence-electron chi connectivity index (χ0n) is 20.8. The Kier molecular flexibility index (Phi) is 7.87. The first-order valence-corrected chi connectivity index (χ1v) is 12.6. The molecule has 1 aliphatic carbocycles. The molecule has 7 heteroatoms. The van der Waals surface area contributed by atoms with Gasteiger partial charge in [-0.15, -0.1) is 0 Å². The van der Waals surface area contributed by atoms with Gasteiger partial charge in [-0.1, -0.05) is 32.4 Å². The number of alkyl carbamates (subject to hydrolysis) is 1. The Bertz CT molecular complexity index is 870. The highest BCUT2D eigenvalue weighted by molar-refractivity contribution is 6.32. The van der Waals surface area contributed by atoms with Crippen LogP contribution in [0.2, 0.25) is 5.02 Å². The van der Waals surface area contributed by atoms with E-state index < -0.39 is 5.60 Å². The summed E-state index contributed by atoms with van der Waals surface area (Å²) in [5.41, 5.74) is 1.09. The van der Waals surface area contributed by atoms with Crippen LogP contribution in [0.25, 0.3) is 0 Å². The number of carbonyl (C=O) groups excluding carboxylic acids is 2. The van der Waals surface area contributed by atoms with Gasteiger partial charge in [-0.2, -0.15) is 0 Å². The molecule has 33 heavy (non-hydrogen) atoms. The van der Waals surface area contributed by atoms with E-state index in [0.29, 0.717) is 28.8 Å². The summed E-state index contributed by atoms with van der Waals surface area (Å²) in [5.74, 6) is 0.988. The summed E-state index contributed by atoms with van der Waals surface area (Å²) in [6.07, 6.45) is 5.02. The fraction of sp³-hybridized carbons (Fsp3) is 0.692. The fourth-order valence-electron chi connectivity index (χ4n) is 5.37. The van der Waals surface area contributed by atoms with Crippen molar-refractivity contribution >= 4 is 23.6 Å². The van der Waals surface area contributed by atoms with E-state index in [1.54, 1.807) is 6.07 Å². The van der Waals surface area contributed by atoms with Crippen molar-refractivity contribution in [3.8, 4) is 5.75 Å². The van der Waals surface area contributed by atoms with Gasteiger partial charge in [-0.25, -0.2) is 4.79 Å². The lowest BCUT2D eigenvalue weighted by Gasteiger charge is -2.48. The monoisotopic (exact) mass is 478 g/mol. The number of halogens is 1. The van der Waals surface area contributed by atoms with Gasteiger partial charge in [0.1, 0.15) is 11.4 Å². The van der Waals surface area contributed by atoms with Crippen LogP contribution in [-0.4, -0.2) is 36.3 Å². The lowest BCUT2D eigenvalue weighted by molar-refractivity contribution is 0.00438. The Balaban J connectivity index is 1.69. The Hall–Kier alpha value is -1.95. The maximum Gasteiger partial charge on any atom is 0.407 e. The van der Waals surface area contributed by atoms with Crippen molar-refractivity contribution in [1.82, 2.24) is 10.6 Å². The summed E-state index contributed by atoms with van der Waals surface area (Å²) in [6.45, 7) is 12.9. The van der Waals surface area contributed by atoms with Gasteiger partial charge in [-0.05, 0) is 88.3 Å². The average molecular weight is 479 g/mol. The van der Waals surface area contributed by atoms with Crippen molar-refractivity contribution in [2.75, 3.05) is 6.54 Å². The van der Waals surface area contributed by atoms with Crippen LogP contribution in [-0.2, 0) is 11.2 Å². The number of benzene rings is 1. The van der Waals surface area contributed by atoms with Crippen LogP contribution in [0.4, 0.5) is 4.79 Å². The van der Waals surface area contributed by atoms with E-state index in [-0.39, 0.29) is 29.6 Å². The van der Waals surface area contributed by atoms with Gasteiger partial charge in [-0.3, -0.25) is 4.79 Å². The van der Waals surface area contributed by atoms with E-state index in [0.717, 1.165) is 44.1 Å². The van der Waals surface area contributed by atoms with E-state index in [2.05, 4.69) is 31.4 Å². The molecule has 0 spiro atoms. The smallest absolute Gasteiger partial charge is 0.407 e. The molecule has 0 saturated heterocycles. The number of hydrogen-bond acceptors (Lipinski definition) is 4. The second-order valence-electron chi connectivity index (χ2n) is 10.8. The highest BCUT2D eigenvalue weighted by atomic mass is 35.5. The van der Waals surface area contributed by atoms with Crippen LogP contribution in [0.1, 0.15) is 89.6 Å². The molecule has 1 heterocycles. The standard InChI is InChI=1S/C26H39ClN2O4/c1-7-22(29-24(31)33-25(4,5)6)26(16(2)3)11-8-18(9-12-26)32-21-14-17-10-13-28-23(30)19(17)15-20(21)27/h14-16,18,22H,7-13H2,1-6H3,(H,28,30)(H,29,31)/t18-,22?,26+. The van der Waals surface area contributed by atoms with Crippen molar-refractivity contribution in [1.29, 1.82) is 0 Å². The Morgan fingerprint density at radius 3 is 2.52 bits per heavy atom. The predicted molar refractivity (Wildman–Crippen MR) is 131 cm³/mol. The van der Waals surface area contributed by atoms with Crippen LogP contribution >= 0.6 is 11.6 Å². The number of hydrogen-bond donors (Lipinski definition) is 2. The number of ether oxygens (including phenoxy) is 2. The Morgan fingerprint density at radius 2 is 1.94 bits per heavy atom. The van der Waals surface area contributed by atoms with Crippen LogP contribution in [0, 0.1) is 11.3 Å². The van der Waals surface area contributed by atoms with Crippen molar-refractivity contribution in [3.63, 3.8) is 0 Å². The molecule has 184 valence electrons. The quantitative estimate of drug-likeness (QED) is 0.534. The minimum atomic E-state index is -0.520. The van der Waals surface area contributed by atoms with Crippen LogP contribution < -0.4 is 15.4 Å². The SMILES string of the molecule is CCC(NC(=O)OC(C)(C)C)[C@]1(C(C)C)CC[C@H](Oc2cc3c(cc2Cl)C(=O)NCC3)CC1. The summed E-state index contributed by atoms with van der Waals surface area (Å²) in [6, 6.07) is 3.69. The molecule has 1 unspecified atom stereocenters. The third-order valence-electron chi connectivity index (χ3n) is 7.18. The number of amides is 2. The third kappa shape index (κ3) is 5.95. The first kappa shape index (κ1) is 25.7. The molecule has 1 aliphatic heterocycles. The average Bonchev–Trinajstić information content (AvgIpc) is 2.72. The van der Waals surface area contributed by atoms with Crippen molar-refractivity contribution < 1.29 is 19.1 Å². The molecule has 3 rings (SSSR count). The first-order valence-electron chi connectivity index (χ1n) is 12.2. The molecule has 0 aromatic heterocycles. The topological polar surface area (TPSA) is 76.7 Å². The highest BCUT2D eigenvalue weighted by Gasteiger charge is 2.45. The van der Waals surface area contributed by atoms with Crippen molar-refractivity contribution in [2.24, 2.45) is 11.3 Å². The van der Waals surface area contributed by atoms with Gasteiger partial charge in [0, 0.05) is 18.2 Å². The lowest BCUT2D eigenvalue weighted by Crippen LogP contribution is -2.53. The molecule has 2 amide bonds. The summed E-state index contributed by atoms with van der Waals surface area (Å²) < 4.78 is 11.9.